The highest BCUT2D eigenvalue weighted by Crippen LogP contribution is 2.25. The number of rotatable bonds is 4. The standard InChI is InChI=1S/C21H21ClN4O2/c1-13-5-6-18-15(7-13)9-17-20(25-18)24-12-26(21(17)28)11-19(27)23-10-14-3-2-4-16(22)8-14/h2-4,8-9,12-13H,5-7,10-11H2,1H3,(H,23,27). The monoisotopic (exact) mass is 396 g/mol. The van der Waals surface area contributed by atoms with Crippen LogP contribution >= 0.6 is 11.6 Å². The van der Waals surface area contributed by atoms with Crippen molar-refractivity contribution in [3.63, 3.8) is 0 Å². The van der Waals surface area contributed by atoms with E-state index in [1.807, 2.05) is 18.2 Å². The van der Waals surface area contributed by atoms with Crippen LogP contribution in [0.15, 0.2) is 41.5 Å². The number of nitrogens with one attached hydrogen (secondary N) is 1. The first-order valence-electron chi connectivity index (χ1n) is 9.38. The van der Waals surface area contributed by atoms with Gasteiger partial charge in [-0.25, -0.2) is 9.97 Å². The summed E-state index contributed by atoms with van der Waals surface area (Å²) in [4.78, 5) is 34.0. The summed E-state index contributed by atoms with van der Waals surface area (Å²) in [6.07, 6.45) is 4.35. The Labute approximate surface area is 167 Å². The van der Waals surface area contributed by atoms with Gasteiger partial charge in [-0.3, -0.25) is 14.2 Å². The van der Waals surface area contributed by atoms with Crippen molar-refractivity contribution in [3.8, 4) is 0 Å². The van der Waals surface area contributed by atoms with Crippen molar-refractivity contribution in [1.82, 2.24) is 19.9 Å². The minimum absolute atomic E-state index is 0.0875. The summed E-state index contributed by atoms with van der Waals surface area (Å²) >= 11 is 5.95. The number of benzene rings is 1. The number of carbonyl (C=O) groups excluding carboxylic acids is 1. The molecule has 0 saturated heterocycles. The maximum absolute atomic E-state index is 12.8. The van der Waals surface area contributed by atoms with Gasteiger partial charge in [0.05, 0.1) is 5.39 Å². The van der Waals surface area contributed by atoms with Crippen LogP contribution in [0.25, 0.3) is 11.0 Å². The molecule has 1 atom stereocenters. The summed E-state index contributed by atoms with van der Waals surface area (Å²) < 4.78 is 1.33. The molecule has 1 N–H and O–H groups in total. The van der Waals surface area contributed by atoms with Gasteiger partial charge < -0.3 is 5.32 Å². The molecule has 0 saturated carbocycles. The summed E-state index contributed by atoms with van der Waals surface area (Å²) in [7, 11) is 0. The number of aryl methyl sites for hydroxylation is 1. The Kier molecular flexibility index (Phi) is 5.13. The van der Waals surface area contributed by atoms with E-state index in [4.69, 9.17) is 11.6 Å². The summed E-state index contributed by atoms with van der Waals surface area (Å²) in [5.74, 6) is 0.325. The molecule has 1 aliphatic carbocycles. The molecule has 1 unspecified atom stereocenters. The molecule has 144 valence electrons. The Hall–Kier alpha value is -2.73. The maximum Gasteiger partial charge on any atom is 0.263 e. The number of nitrogens with zero attached hydrogens (tertiary/aromatic N) is 3. The SMILES string of the molecule is CC1CCc2nc3ncn(CC(=O)NCc4cccc(Cl)c4)c(=O)c3cc2C1. The zero-order valence-electron chi connectivity index (χ0n) is 15.6. The van der Waals surface area contributed by atoms with Crippen LogP contribution in [0.1, 0.15) is 30.2 Å². The number of halogens is 1. The second kappa shape index (κ2) is 7.72. The number of fused-ring (bicyclic) bond motifs is 2. The molecular weight excluding hydrogens is 376 g/mol. The van der Waals surface area contributed by atoms with Crippen LogP contribution in [0, 0.1) is 5.92 Å². The van der Waals surface area contributed by atoms with Crippen LogP contribution < -0.4 is 10.9 Å². The normalized spacial score (nSPS) is 16.0. The lowest BCUT2D eigenvalue weighted by Crippen LogP contribution is -2.32. The molecule has 1 aliphatic rings. The summed E-state index contributed by atoms with van der Waals surface area (Å²) in [5.41, 5.74) is 3.27. The molecule has 2 heterocycles. The van der Waals surface area contributed by atoms with E-state index in [1.165, 1.54) is 10.9 Å². The maximum atomic E-state index is 12.8. The van der Waals surface area contributed by atoms with E-state index < -0.39 is 0 Å². The molecule has 0 aliphatic heterocycles. The highest BCUT2D eigenvalue weighted by molar-refractivity contribution is 6.30. The van der Waals surface area contributed by atoms with Crippen molar-refractivity contribution in [2.24, 2.45) is 5.92 Å². The van der Waals surface area contributed by atoms with Crippen LogP contribution in [0.5, 0.6) is 0 Å². The molecule has 4 rings (SSSR count). The number of amides is 1. The van der Waals surface area contributed by atoms with Gasteiger partial charge in [0.25, 0.3) is 5.56 Å². The minimum atomic E-state index is -0.261. The topological polar surface area (TPSA) is 76.9 Å². The third-order valence-corrected chi connectivity index (χ3v) is 5.35. The Morgan fingerprint density at radius 3 is 3.04 bits per heavy atom. The van der Waals surface area contributed by atoms with Crippen molar-refractivity contribution >= 4 is 28.5 Å². The van der Waals surface area contributed by atoms with Gasteiger partial charge in [0.15, 0.2) is 5.65 Å². The van der Waals surface area contributed by atoms with Crippen molar-refractivity contribution in [2.75, 3.05) is 0 Å². The van der Waals surface area contributed by atoms with Gasteiger partial charge in [-0.1, -0.05) is 30.7 Å². The largest absolute Gasteiger partial charge is 0.350 e. The molecular formula is C21H21ClN4O2. The van der Waals surface area contributed by atoms with Gasteiger partial charge in [0.1, 0.15) is 12.9 Å². The van der Waals surface area contributed by atoms with Crippen molar-refractivity contribution in [3.05, 3.63) is 68.9 Å². The third kappa shape index (κ3) is 3.92. The minimum Gasteiger partial charge on any atom is -0.350 e. The molecule has 0 bridgehead atoms. The lowest BCUT2D eigenvalue weighted by Gasteiger charge is -2.20. The molecule has 28 heavy (non-hydrogen) atoms. The first kappa shape index (κ1) is 18.6. The number of hydrogen-bond donors (Lipinski definition) is 1. The quantitative estimate of drug-likeness (QED) is 0.735. The number of hydrogen-bond acceptors (Lipinski definition) is 4. The fraction of sp³-hybridized carbons (Fsp3) is 0.333. The Morgan fingerprint density at radius 2 is 2.21 bits per heavy atom. The van der Waals surface area contributed by atoms with Gasteiger partial charge in [0, 0.05) is 17.3 Å². The van der Waals surface area contributed by atoms with Crippen molar-refractivity contribution in [1.29, 1.82) is 0 Å². The van der Waals surface area contributed by atoms with Gasteiger partial charge in [-0.15, -0.1) is 0 Å². The van der Waals surface area contributed by atoms with E-state index in [2.05, 4.69) is 22.2 Å². The summed E-state index contributed by atoms with van der Waals surface area (Å²) in [6.45, 7) is 2.47. The molecule has 0 fully saturated rings. The van der Waals surface area contributed by atoms with Crippen LogP contribution in [0.3, 0.4) is 0 Å². The second-order valence-corrected chi connectivity index (χ2v) is 7.83. The first-order valence-corrected chi connectivity index (χ1v) is 9.76. The van der Waals surface area contributed by atoms with Crippen LogP contribution in [0.4, 0.5) is 0 Å². The average Bonchev–Trinajstić information content (AvgIpc) is 2.68. The molecule has 0 radical (unpaired) electrons. The lowest BCUT2D eigenvalue weighted by molar-refractivity contribution is -0.121. The Bertz CT molecular complexity index is 1110. The zero-order chi connectivity index (χ0) is 19.7. The Morgan fingerprint density at radius 1 is 1.36 bits per heavy atom. The summed E-state index contributed by atoms with van der Waals surface area (Å²) in [5, 5.41) is 3.89. The van der Waals surface area contributed by atoms with E-state index in [-0.39, 0.29) is 18.0 Å². The number of aromatic nitrogens is 3. The fourth-order valence-electron chi connectivity index (χ4n) is 3.59. The zero-order valence-corrected chi connectivity index (χ0v) is 16.4. The predicted molar refractivity (Wildman–Crippen MR) is 108 cm³/mol. The van der Waals surface area contributed by atoms with Crippen LogP contribution in [-0.4, -0.2) is 20.4 Å². The molecule has 2 aromatic heterocycles. The van der Waals surface area contributed by atoms with E-state index in [9.17, 15) is 9.59 Å². The smallest absolute Gasteiger partial charge is 0.263 e. The lowest BCUT2D eigenvalue weighted by atomic mass is 9.87. The van der Waals surface area contributed by atoms with E-state index in [1.54, 1.807) is 12.1 Å². The average molecular weight is 397 g/mol. The predicted octanol–water partition coefficient (Wildman–Crippen LogP) is 2.89. The van der Waals surface area contributed by atoms with Gasteiger partial charge in [0.2, 0.25) is 5.91 Å². The molecule has 1 amide bonds. The van der Waals surface area contributed by atoms with Crippen LogP contribution in [0.2, 0.25) is 5.02 Å². The van der Waals surface area contributed by atoms with Gasteiger partial charge >= 0.3 is 0 Å². The van der Waals surface area contributed by atoms with E-state index in [0.717, 1.165) is 36.1 Å². The third-order valence-electron chi connectivity index (χ3n) is 5.12. The fourth-order valence-corrected chi connectivity index (χ4v) is 3.81. The second-order valence-electron chi connectivity index (χ2n) is 7.40. The summed E-state index contributed by atoms with van der Waals surface area (Å²) in [6, 6.07) is 9.19. The van der Waals surface area contributed by atoms with Gasteiger partial charge in [-0.2, -0.15) is 0 Å². The van der Waals surface area contributed by atoms with Crippen LogP contribution in [-0.2, 0) is 30.7 Å². The first-order chi connectivity index (χ1) is 13.5. The number of pyridine rings is 1. The van der Waals surface area contributed by atoms with E-state index in [0.29, 0.717) is 28.5 Å². The molecule has 1 aromatic carbocycles. The molecule has 6 nitrogen and oxygen atoms in total. The number of carbonyl (C=O) groups is 1. The van der Waals surface area contributed by atoms with Gasteiger partial charge in [-0.05, 0) is 54.5 Å². The highest BCUT2D eigenvalue weighted by Gasteiger charge is 2.19. The van der Waals surface area contributed by atoms with Crippen molar-refractivity contribution in [2.45, 2.75) is 39.3 Å². The van der Waals surface area contributed by atoms with E-state index >= 15 is 0 Å². The Balaban J connectivity index is 1.53. The van der Waals surface area contributed by atoms with Crippen molar-refractivity contribution < 1.29 is 4.79 Å². The highest BCUT2D eigenvalue weighted by atomic mass is 35.5. The molecule has 7 heteroatoms. The molecule has 0 spiro atoms. The molecule has 3 aromatic rings.